The minimum atomic E-state index is -0.848. The topological polar surface area (TPSA) is 204 Å². The number of unbranched alkanes of at least 4 members (excludes halogenated alkanes) is 11. The Hall–Kier alpha value is -3.71. The van der Waals surface area contributed by atoms with Gasteiger partial charge in [-0.25, -0.2) is 0 Å². The molecule has 0 aliphatic rings. The molecule has 0 saturated carbocycles. The molecule has 7 atom stereocenters. The maximum atomic E-state index is 13.8. The van der Waals surface area contributed by atoms with Crippen LogP contribution in [0.4, 0.5) is 0 Å². The quantitative estimate of drug-likeness (QED) is 0.0302. The normalized spacial score (nSPS) is 14.4. The molecule has 7 unspecified atom stereocenters. The van der Waals surface area contributed by atoms with Gasteiger partial charge in [0.05, 0.1) is 0 Å². The van der Waals surface area contributed by atoms with Gasteiger partial charge in [-0.3, -0.25) is 33.6 Å². The molecule has 0 saturated heterocycles. The van der Waals surface area contributed by atoms with Gasteiger partial charge in [-0.1, -0.05) is 132 Å². The second-order valence-electron chi connectivity index (χ2n) is 18.7. The third-order valence-electron chi connectivity index (χ3n) is 12.6. The Morgan fingerprint density at radius 2 is 0.569 bits per heavy atom. The lowest BCUT2D eigenvalue weighted by atomic mass is 10.0. The van der Waals surface area contributed by atoms with Crippen molar-refractivity contribution in [2.75, 3.05) is 26.7 Å². The van der Waals surface area contributed by atoms with Crippen molar-refractivity contribution < 1.29 is 33.6 Å². The first kappa shape index (κ1) is 61.3. The highest BCUT2D eigenvalue weighted by atomic mass is 16.2. The molecule has 7 amide bonds. The van der Waals surface area contributed by atoms with Gasteiger partial charge >= 0.3 is 0 Å². The number of likely N-dealkylation sites (N-methyl/N-ethyl adjacent to an activating group) is 1. The van der Waals surface area contributed by atoms with Crippen LogP contribution in [-0.2, 0) is 33.6 Å². The van der Waals surface area contributed by atoms with Gasteiger partial charge in [0.25, 0.3) is 0 Å². The standard InChI is InChI=1S/C51H97N7O7/c1-10-14-18-28-38(5)45(59)53-35-25-23-33-43(56-47(61)40(7)30-20-16-12-3)50(64)55-37-27-22-32-42(49(63)52-9)58-51(65)44(57-48(62)41(8)31-21-17-13-4)34-24-26-36-54-46(60)39(6)29-19-15-11-2/h38-44H,10-37H2,1-9H3,(H,52,63)(H,53,59)(H,54,60)(H,55,64)(H,56,61)(H,57,62)(H,58,65). The molecule has 0 fully saturated rings. The fourth-order valence-corrected chi connectivity index (χ4v) is 7.73. The zero-order chi connectivity index (χ0) is 48.8. The second kappa shape index (κ2) is 39.5. The molecular weight excluding hydrogens is 823 g/mol. The van der Waals surface area contributed by atoms with Crippen LogP contribution in [0.25, 0.3) is 0 Å². The number of hydrogen-bond acceptors (Lipinski definition) is 7. The lowest BCUT2D eigenvalue weighted by Crippen LogP contribution is -2.54. The summed E-state index contributed by atoms with van der Waals surface area (Å²) < 4.78 is 0. The van der Waals surface area contributed by atoms with Crippen LogP contribution in [0.5, 0.6) is 0 Å². The molecule has 0 aromatic carbocycles. The van der Waals surface area contributed by atoms with Gasteiger partial charge in [-0.15, -0.1) is 0 Å². The van der Waals surface area contributed by atoms with Crippen molar-refractivity contribution in [2.24, 2.45) is 23.7 Å². The van der Waals surface area contributed by atoms with E-state index in [1.165, 1.54) is 7.05 Å². The van der Waals surface area contributed by atoms with Gasteiger partial charge < -0.3 is 37.2 Å². The third kappa shape index (κ3) is 30.3. The van der Waals surface area contributed by atoms with Gasteiger partial charge in [0.2, 0.25) is 41.4 Å². The summed E-state index contributed by atoms with van der Waals surface area (Å²) in [6.07, 6.45) is 20.5. The summed E-state index contributed by atoms with van der Waals surface area (Å²) >= 11 is 0. The Morgan fingerprint density at radius 3 is 0.892 bits per heavy atom. The molecule has 14 heteroatoms. The van der Waals surface area contributed by atoms with Gasteiger partial charge in [0.15, 0.2) is 0 Å². The van der Waals surface area contributed by atoms with Crippen molar-refractivity contribution in [3.8, 4) is 0 Å². The lowest BCUT2D eigenvalue weighted by molar-refractivity contribution is -0.133. The van der Waals surface area contributed by atoms with Crippen molar-refractivity contribution in [1.82, 2.24) is 37.2 Å². The van der Waals surface area contributed by atoms with Crippen molar-refractivity contribution in [3.63, 3.8) is 0 Å². The fraction of sp³-hybridized carbons (Fsp3) is 0.863. The van der Waals surface area contributed by atoms with Crippen molar-refractivity contribution in [1.29, 1.82) is 0 Å². The average molecular weight is 920 g/mol. The number of rotatable bonds is 41. The van der Waals surface area contributed by atoms with Crippen LogP contribution in [0.15, 0.2) is 0 Å². The highest BCUT2D eigenvalue weighted by Gasteiger charge is 2.28. The summed E-state index contributed by atoms with van der Waals surface area (Å²) in [5.74, 6) is -1.89. The van der Waals surface area contributed by atoms with Crippen LogP contribution in [0.3, 0.4) is 0 Å². The highest BCUT2D eigenvalue weighted by molar-refractivity contribution is 5.92. The number of amides is 7. The fourth-order valence-electron chi connectivity index (χ4n) is 7.73. The minimum absolute atomic E-state index is 0.0310. The average Bonchev–Trinajstić information content (AvgIpc) is 3.29. The third-order valence-corrected chi connectivity index (χ3v) is 12.6. The predicted octanol–water partition coefficient (Wildman–Crippen LogP) is 7.91. The van der Waals surface area contributed by atoms with Gasteiger partial charge in [0, 0.05) is 50.4 Å². The maximum absolute atomic E-state index is 13.8. The molecule has 65 heavy (non-hydrogen) atoms. The van der Waals surface area contributed by atoms with Crippen LogP contribution >= 0.6 is 0 Å². The summed E-state index contributed by atoms with van der Waals surface area (Å²) in [6.45, 7) is 17.5. The summed E-state index contributed by atoms with van der Waals surface area (Å²) in [5.41, 5.74) is 0. The van der Waals surface area contributed by atoms with Gasteiger partial charge in [-0.05, 0) is 83.5 Å². The zero-order valence-corrected chi connectivity index (χ0v) is 42.7. The van der Waals surface area contributed by atoms with Crippen molar-refractivity contribution >= 4 is 41.4 Å². The Bertz CT molecular complexity index is 1330. The van der Waals surface area contributed by atoms with E-state index in [4.69, 9.17) is 0 Å². The molecule has 14 nitrogen and oxygen atoms in total. The molecule has 0 aromatic heterocycles. The molecule has 378 valence electrons. The number of carbonyl (C=O) groups is 7. The molecule has 7 N–H and O–H groups in total. The van der Waals surface area contributed by atoms with E-state index in [0.717, 1.165) is 103 Å². The van der Waals surface area contributed by atoms with E-state index in [-0.39, 0.29) is 59.1 Å². The first-order valence-corrected chi connectivity index (χ1v) is 26.1. The summed E-state index contributed by atoms with van der Waals surface area (Å²) in [5, 5.41) is 20.5. The molecule has 0 radical (unpaired) electrons. The molecule has 0 bridgehead atoms. The van der Waals surface area contributed by atoms with E-state index >= 15 is 0 Å². The lowest BCUT2D eigenvalue weighted by Gasteiger charge is -2.24. The SMILES string of the molecule is CCCCCC(C)C(=O)NCCCCC(NC(=O)C(C)CCCCC)C(=O)NCCCCC(NC(=O)C(CCCCNC(=O)C(C)CCCCC)NC(=O)C(C)CCCCC)C(=O)NC. The zero-order valence-electron chi connectivity index (χ0n) is 42.7. The first-order chi connectivity index (χ1) is 31.2. The number of nitrogens with one attached hydrogen (secondary N) is 7. The molecule has 0 aliphatic heterocycles. The summed E-state index contributed by atoms with van der Waals surface area (Å²) in [6, 6.07) is -2.41. The monoisotopic (exact) mass is 920 g/mol. The second-order valence-corrected chi connectivity index (χ2v) is 18.7. The van der Waals surface area contributed by atoms with Crippen LogP contribution < -0.4 is 37.2 Å². The summed E-state index contributed by atoms with van der Waals surface area (Å²) in [7, 11) is 1.51. The Morgan fingerprint density at radius 1 is 0.308 bits per heavy atom. The maximum Gasteiger partial charge on any atom is 0.243 e. The van der Waals surface area contributed by atoms with E-state index < -0.39 is 24.0 Å². The van der Waals surface area contributed by atoms with E-state index in [0.29, 0.717) is 77.4 Å². The highest BCUT2D eigenvalue weighted by Crippen LogP contribution is 2.15. The van der Waals surface area contributed by atoms with Crippen molar-refractivity contribution in [2.45, 2.75) is 234 Å². The molecule has 0 aromatic rings. The molecule has 0 rings (SSSR count). The van der Waals surface area contributed by atoms with E-state index in [9.17, 15) is 33.6 Å². The van der Waals surface area contributed by atoms with Crippen LogP contribution in [-0.4, -0.2) is 86.2 Å². The largest absolute Gasteiger partial charge is 0.357 e. The van der Waals surface area contributed by atoms with Crippen LogP contribution in [0.1, 0.15) is 216 Å². The smallest absolute Gasteiger partial charge is 0.243 e. The molecule has 0 aliphatic carbocycles. The van der Waals surface area contributed by atoms with E-state index in [1.807, 2.05) is 27.7 Å². The molecule has 0 heterocycles. The van der Waals surface area contributed by atoms with Gasteiger partial charge in [-0.2, -0.15) is 0 Å². The van der Waals surface area contributed by atoms with Crippen LogP contribution in [0.2, 0.25) is 0 Å². The first-order valence-electron chi connectivity index (χ1n) is 26.1. The minimum Gasteiger partial charge on any atom is -0.357 e. The Kier molecular flexibility index (Phi) is 37.2. The Labute approximate surface area is 395 Å². The summed E-state index contributed by atoms with van der Waals surface area (Å²) in [4.78, 5) is 91.8. The Balaban J connectivity index is 5.48. The van der Waals surface area contributed by atoms with E-state index in [1.54, 1.807) is 0 Å². The number of hydrogen-bond donors (Lipinski definition) is 7. The van der Waals surface area contributed by atoms with E-state index in [2.05, 4.69) is 64.9 Å². The predicted molar refractivity (Wildman–Crippen MR) is 264 cm³/mol. The van der Waals surface area contributed by atoms with Crippen molar-refractivity contribution in [3.05, 3.63) is 0 Å². The molecular formula is C51H97N7O7. The van der Waals surface area contributed by atoms with Crippen LogP contribution in [0, 0.1) is 23.7 Å². The number of carbonyl (C=O) groups excluding carboxylic acids is 7. The van der Waals surface area contributed by atoms with Gasteiger partial charge in [0.1, 0.15) is 18.1 Å². The molecule has 0 spiro atoms.